The average molecular weight is 485 g/mol. The topological polar surface area (TPSA) is 99.7 Å². The molecule has 1 atom stereocenters. The van der Waals surface area contributed by atoms with E-state index in [4.69, 9.17) is 9.47 Å². The van der Waals surface area contributed by atoms with Crippen molar-refractivity contribution in [2.75, 3.05) is 27.8 Å². The fraction of sp³-hybridized carbons (Fsp3) is 0.480. The summed E-state index contributed by atoms with van der Waals surface area (Å²) in [5, 5.41) is 2.76. The summed E-state index contributed by atoms with van der Waals surface area (Å²) in [4.78, 5) is 11.4. The standard InChI is InChI=1S/C13H20O2.C9H11N3O.C2H6.CH5N.K/c1-5-10(3)11-7-8-12(14-4)13(9-11)15-6-2;1-10-12-7-4-2-3-6-5-11-9(13)8(6)7;2*1-2;/h7-10H,5-6H2,1-4H3;2-4,10H,5H2,1H3,(H2,11,12,13);1-2H3;2H2,1H3;/q;;;;+1/p-1. The van der Waals surface area contributed by atoms with Crippen LogP contribution in [-0.2, 0) is 6.54 Å². The van der Waals surface area contributed by atoms with E-state index in [9.17, 15) is 4.79 Å². The van der Waals surface area contributed by atoms with Crippen LogP contribution in [0.3, 0.4) is 0 Å². The molecule has 2 aromatic rings. The molecule has 7 nitrogen and oxygen atoms in total. The van der Waals surface area contributed by atoms with Gasteiger partial charge in [0.1, 0.15) is 0 Å². The first-order valence-electron chi connectivity index (χ1n) is 11.2. The minimum atomic E-state index is -0.0374. The van der Waals surface area contributed by atoms with Gasteiger partial charge in [0.05, 0.1) is 13.7 Å². The first-order chi connectivity index (χ1) is 15.5. The number of nitrogens with one attached hydrogen (secondary N) is 2. The molecular formula is C25H41KN4O3. The van der Waals surface area contributed by atoms with Crippen molar-refractivity contribution in [3.8, 4) is 11.5 Å². The summed E-state index contributed by atoms with van der Waals surface area (Å²) in [5.74, 6) is 2.18. The third-order valence-electron chi connectivity index (χ3n) is 4.70. The first kappa shape index (κ1) is 34.0. The van der Waals surface area contributed by atoms with Crippen molar-refractivity contribution in [2.45, 2.75) is 53.5 Å². The monoisotopic (exact) mass is 484 g/mol. The van der Waals surface area contributed by atoms with Crippen molar-refractivity contribution >= 4 is 11.6 Å². The molecule has 0 aromatic heterocycles. The summed E-state index contributed by atoms with van der Waals surface area (Å²) in [6, 6.07) is 11.8. The maximum absolute atomic E-state index is 11.4. The largest absolute Gasteiger partial charge is 1.00 e. The molecule has 0 fully saturated rings. The van der Waals surface area contributed by atoms with Crippen molar-refractivity contribution in [3.63, 3.8) is 0 Å². The average Bonchev–Trinajstić information content (AvgIpc) is 3.23. The number of nitrogens with two attached hydrogens (primary N) is 1. The van der Waals surface area contributed by atoms with E-state index in [1.807, 2.05) is 45.0 Å². The molecule has 3 rings (SSSR count). The molecule has 0 saturated heterocycles. The number of rotatable bonds is 7. The van der Waals surface area contributed by atoms with Gasteiger partial charge in [-0.25, -0.2) is 0 Å². The van der Waals surface area contributed by atoms with Gasteiger partial charge < -0.3 is 31.4 Å². The Labute approximate surface area is 243 Å². The number of amides is 1. The summed E-state index contributed by atoms with van der Waals surface area (Å²) in [6.07, 6.45) is 1.14. The molecule has 0 radical (unpaired) electrons. The van der Waals surface area contributed by atoms with Gasteiger partial charge in [-0.15, -0.1) is 5.69 Å². The number of benzene rings is 2. The van der Waals surface area contributed by atoms with E-state index in [2.05, 4.69) is 47.9 Å². The predicted octanol–water partition coefficient (Wildman–Crippen LogP) is 2.28. The van der Waals surface area contributed by atoms with Crippen molar-refractivity contribution in [1.82, 2.24) is 10.7 Å². The Morgan fingerprint density at radius 1 is 1.15 bits per heavy atom. The second-order valence-electron chi connectivity index (χ2n) is 6.48. The van der Waals surface area contributed by atoms with Crippen LogP contribution in [0.15, 0.2) is 36.4 Å². The second-order valence-corrected chi connectivity index (χ2v) is 6.48. The zero-order valence-corrected chi connectivity index (χ0v) is 25.0. The van der Waals surface area contributed by atoms with Crippen molar-refractivity contribution in [2.24, 2.45) is 5.73 Å². The molecule has 4 N–H and O–H groups in total. The van der Waals surface area contributed by atoms with Gasteiger partial charge in [0.15, 0.2) is 11.5 Å². The minimum absolute atomic E-state index is 0. The van der Waals surface area contributed by atoms with Gasteiger partial charge in [0.2, 0.25) is 0 Å². The Balaban J connectivity index is 0. The van der Waals surface area contributed by atoms with Crippen LogP contribution < -0.4 is 77.3 Å². The normalized spacial score (nSPS) is 11.4. The van der Waals surface area contributed by atoms with Gasteiger partial charge in [-0.1, -0.05) is 52.0 Å². The van der Waals surface area contributed by atoms with Crippen LogP contribution in [0.4, 0.5) is 5.69 Å². The van der Waals surface area contributed by atoms with Gasteiger partial charge in [0, 0.05) is 12.1 Å². The maximum atomic E-state index is 11.4. The summed E-state index contributed by atoms with van der Waals surface area (Å²) < 4.78 is 10.8. The van der Waals surface area contributed by atoms with E-state index < -0.39 is 0 Å². The third-order valence-corrected chi connectivity index (χ3v) is 4.70. The molecule has 2 aromatic carbocycles. The van der Waals surface area contributed by atoms with Crippen molar-refractivity contribution in [1.29, 1.82) is 0 Å². The number of fused-ring (bicyclic) bond motifs is 1. The number of hydrogen-bond donors (Lipinski definition) is 3. The molecule has 1 heterocycles. The van der Waals surface area contributed by atoms with E-state index in [0.717, 1.165) is 23.5 Å². The Morgan fingerprint density at radius 2 is 1.82 bits per heavy atom. The molecule has 0 spiro atoms. The number of nitrogens with zero attached hydrogens (tertiary/aromatic N) is 1. The fourth-order valence-corrected chi connectivity index (χ4v) is 2.98. The molecule has 33 heavy (non-hydrogen) atoms. The fourth-order valence-electron chi connectivity index (χ4n) is 2.98. The van der Waals surface area contributed by atoms with Crippen LogP contribution in [0.2, 0.25) is 0 Å². The van der Waals surface area contributed by atoms with E-state index in [1.54, 1.807) is 14.2 Å². The van der Waals surface area contributed by atoms with Gasteiger partial charge in [-0.2, -0.15) is 0 Å². The van der Waals surface area contributed by atoms with Crippen LogP contribution in [0.25, 0.3) is 5.43 Å². The molecule has 0 bridgehead atoms. The molecule has 180 valence electrons. The molecule has 0 saturated carbocycles. The number of carbonyl (C=O) groups excluding carboxylic acids is 1. The summed E-state index contributed by atoms with van der Waals surface area (Å²) in [6.45, 7) is 11.7. The van der Waals surface area contributed by atoms with E-state index in [-0.39, 0.29) is 57.3 Å². The molecule has 0 aliphatic carbocycles. The zero-order chi connectivity index (χ0) is 24.5. The first-order valence-corrected chi connectivity index (χ1v) is 11.2. The number of ether oxygens (including phenoxy) is 2. The van der Waals surface area contributed by atoms with Gasteiger partial charge in [-0.05, 0) is 56.6 Å². The van der Waals surface area contributed by atoms with Crippen molar-refractivity contribution < 1.29 is 65.7 Å². The molecule has 1 aliphatic heterocycles. The van der Waals surface area contributed by atoms with Crippen LogP contribution >= 0.6 is 0 Å². The number of hydrogen-bond acceptors (Lipinski definition) is 5. The molecule has 1 unspecified atom stereocenters. The Kier molecular flexibility index (Phi) is 20.9. The predicted molar refractivity (Wildman–Crippen MR) is 134 cm³/mol. The Bertz CT molecular complexity index is 803. The minimum Gasteiger partial charge on any atom is -0.622 e. The number of carbonyl (C=O) groups is 1. The second kappa shape index (κ2) is 20.3. The molecular weight excluding hydrogens is 443 g/mol. The smallest absolute Gasteiger partial charge is 0.622 e. The summed E-state index contributed by atoms with van der Waals surface area (Å²) in [7, 11) is 4.88. The Hall–Kier alpha value is -1.13. The molecule has 1 aliphatic rings. The quantitative estimate of drug-likeness (QED) is 0.414. The third kappa shape index (κ3) is 10.8. The summed E-state index contributed by atoms with van der Waals surface area (Å²) >= 11 is 0. The van der Waals surface area contributed by atoms with Crippen LogP contribution in [0.1, 0.15) is 68.4 Å². The van der Waals surface area contributed by atoms with E-state index in [1.165, 1.54) is 12.6 Å². The van der Waals surface area contributed by atoms with E-state index >= 15 is 0 Å². The number of methoxy groups -OCH3 is 1. The molecule has 1 amide bonds. The van der Waals surface area contributed by atoms with E-state index in [0.29, 0.717) is 30.3 Å². The van der Waals surface area contributed by atoms with Gasteiger partial charge >= 0.3 is 51.4 Å². The maximum Gasteiger partial charge on any atom is 1.00 e. The summed E-state index contributed by atoms with van der Waals surface area (Å²) in [5.41, 5.74) is 14.9. The van der Waals surface area contributed by atoms with Crippen LogP contribution in [-0.4, -0.2) is 33.7 Å². The SMILES string of the molecule is CC.CCOc1cc(C(C)CC)ccc1OC.CN.CN[N-]c1cccc2c1C(=O)NC2.[K+]. The molecule has 8 heteroatoms. The van der Waals surface area contributed by atoms with Crippen LogP contribution in [0.5, 0.6) is 11.5 Å². The van der Waals surface area contributed by atoms with Gasteiger partial charge in [0.25, 0.3) is 5.91 Å². The zero-order valence-electron chi connectivity index (χ0n) is 21.9. The van der Waals surface area contributed by atoms with Crippen LogP contribution in [0, 0.1) is 0 Å². The van der Waals surface area contributed by atoms with Gasteiger partial charge in [-0.3, -0.25) is 4.79 Å². The van der Waals surface area contributed by atoms with Crippen molar-refractivity contribution in [3.05, 3.63) is 58.5 Å². The Morgan fingerprint density at radius 3 is 2.36 bits per heavy atom.